The molecular formula is C16H10ClN3O3S. The van der Waals surface area contributed by atoms with E-state index in [-0.39, 0.29) is 22.8 Å². The highest BCUT2D eigenvalue weighted by Crippen LogP contribution is 2.30. The number of ether oxygens (including phenoxy) is 1. The van der Waals surface area contributed by atoms with Crippen molar-refractivity contribution in [3.8, 4) is 0 Å². The van der Waals surface area contributed by atoms with Gasteiger partial charge in [0.25, 0.3) is 0 Å². The van der Waals surface area contributed by atoms with E-state index in [2.05, 4.69) is 9.97 Å². The van der Waals surface area contributed by atoms with Gasteiger partial charge in [-0.2, -0.15) is 4.98 Å². The molecule has 0 atom stereocenters. The van der Waals surface area contributed by atoms with Gasteiger partial charge in [-0.3, -0.25) is 9.20 Å². The number of nitrogens with zero attached hydrogens (tertiary/aromatic N) is 3. The van der Waals surface area contributed by atoms with Crippen molar-refractivity contribution >= 4 is 55.0 Å². The minimum absolute atomic E-state index is 0.00327. The molecule has 0 aliphatic carbocycles. The topological polar surface area (TPSA) is 73.6 Å². The highest BCUT2D eigenvalue weighted by molar-refractivity contribution is 7.24. The number of hydrogen-bond donors (Lipinski definition) is 0. The average molecular weight is 360 g/mol. The van der Waals surface area contributed by atoms with Crippen LogP contribution in [0.4, 0.5) is 0 Å². The SMILES string of the molecule is CCOC(=O)c1c(=O)c2cnc(Cl)nc2n2c1sc1ccccc12. The molecule has 4 aromatic rings. The van der Waals surface area contributed by atoms with E-state index in [9.17, 15) is 9.59 Å². The zero-order valence-electron chi connectivity index (χ0n) is 12.4. The van der Waals surface area contributed by atoms with Crippen LogP contribution in [0.3, 0.4) is 0 Å². The Hall–Kier alpha value is -2.51. The monoisotopic (exact) mass is 359 g/mol. The number of esters is 1. The van der Waals surface area contributed by atoms with Crippen molar-refractivity contribution < 1.29 is 9.53 Å². The Kier molecular flexibility index (Phi) is 3.47. The zero-order chi connectivity index (χ0) is 16.8. The number of aromatic nitrogens is 3. The Morgan fingerprint density at radius 3 is 2.96 bits per heavy atom. The van der Waals surface area contributed by atoms with Crippen LogP contribution >= 0.6 is 22.9 Å². The van der Waals surface area contributed by atoms with Crippen molar-refractivity contribution in [3.63, 3.8) is 0 Å². The fraction of sp³-hybridized carbons (Fsp3) is 0.125. The van der Waals surface area contributed by atoms with Gasteiger partial charge in [0.2, 0.25) is 10.7 Å². The lowest BCUT2D eigenvalue weighted by Gasteiger charge is -2.07. The quantitative estimate of drug-likeness (QED) is 0.405. The molecule has 1 aromatic carbocycles. The predicted octanol–water partition coefficient (Wildman–Crippen LogP) is 3.29. The number of hydrogen-bond acceptors (Lipinski definition) is 6. The molecule has 3 aromatic heterocycles. The Morgan fingerprint density at radius 1 is 1.38 bits per heavy atom. The fourth-order valence-corrected chi connectivity index (χ4v) is 3.96. The molecule has 0 saturated heterocycles. The van der Waals surface area contributed by atoms with Gasteiger partial charge in [0.15, 0.2) is 5.65 Å². The molecule has 0 N–H and O–H groups in total. The van der Waals surface area contributed by atoms with Gasteiger partial charge in [0.1, 0.15) is 10.4 Å². The van der Waals surface area contributed by atoms with E-state index in [4.69, 9.17) is 16.3 Å². The first kappa shape index (κ1) is 15.0. The van der Waals surface area contributed by atoms with E-state index in [1.54, 1.807) is 11.3 Å². The van der Waals surface area contributed by atoms with Crippen LogP contribution in [0.25, 0.3) is 26.1 Å². The number of halogens is 1. The number of para-hydroxylation sites is 1. The van der Waals surface area contributed by atoms with Crippen molar-refractivity contribution in [2.24, 2.45) is 0 Å². The van der Waals surface area contributed by atoms with E-state index >= 15 is 0 Å². The summed E-state index contributed by atoms with van der Waals surface area (Å²) in [6, 6.07) is 7.59. The van der Waals surface area contributed by atoms with Gasteiger partial charge in [-0.25, -0.2) is 9.78 Å². The second kappa shape index (κ2) is 5.54. The number of pyridine rings is 1. The highest BCUT2D eigenvalue weighted by atomic mass is 35.5. The maximum absolute atomic E-state index is 12.8. The molecule has 24 heavy (non-hydrogen) atoms. The molecule has 0 radical (unpaired) electrons. The first-order valence-corrected chi connectivity index (χ1v) is 8.37. The van der Waals surface area contributed by atoms with Gasteiger partial charge in [0.05, 0.1) is 22.2 Å². The molecule has 8 heteroatoms. The van der Waals surface area contributed by atoms with Crippen LogP contribution in [-0.2, 0) is 4.74 Å². The van der Waals surface area contributed by atoms with E-state index < -0.39 is 11.4 Å². The molecule has 0 fully saturated rings. The normalized spacial score (nSPS) is 11.4. The third kappa shape index (κ3) is 2.09. The van der Waals surface area contributed by atoms with Crippen molar-refractivity contribution in [1.29, 1.82) is 0 Å². The van der Waals surface area contributed by atoms with E-state index in [0.717, 1.165) is 10.2 Å². The van der Waals surface area contributed by atoms with Crippen molar-refractivity contribution in [1.82, 2.24) is 14.4 Å². The summed E-state index contributed by atoms with van der Waals surface area (Å²) in [7, 11) is 0. The Morgan fingerprint density at radius 2 is 2.17 bits per heavy atom. The number of rotatable bonds is 2. The van der Waals surface area contributed by atoms with Crippen LogP contribution < -0.4 is 5.43 Å². The zero-order valence-corrected chi connectivity index (χ0v) is 14.0. The van der Waals surface area contributed by atoms with E-state index in [1.165, 1.54) is 17.5 Å². The summed E-state index contributed by atoms with van der Waals surface area (Å²) >= 11 is 7.25. The summed E-state index contributed by atoms with van der Waals surface area (Å²) in [6.07, 6.45) is 1.34. The third-order valence-corrected chi connectivity index (χ3v) is 4.96. The van der Waals surface area contributed by atoms with Crippen LogP contribution in [0.15, 0.2) is 35.3 Å². The van der Waals surface area contributed by atoms with Crippen LogP contribution in [0.2, 0.25) is 5.28 Å². The Balaban J connectivity index is 2.30. The molecule has 0 bridgehead atoms. The van der Waals surface area contributed by atoms with E-state index in [1.807, 2.05) is 24.3 Å². The molecule has 120 valence electrons. The third-order valence-electron chi connectivity index (χ3n) is 3.63. The average Bonchev–Trinajstić information content (AvgIpc) is 2.94. The lowest BCUT2D eigenvalue weighted by Crippen LogP contribution is -2.20. The van der Waals surface area contributed by atoms with Gasteiger partial charge in [0, 0.05) is 6.20 Å². The van der Waals surface area contributed by atoms with Crippen LogP contribution in [0.5, 0.6) is 0 Å². The van der Waals surface area contributed by atoms with Gasteiger partial charge < -0.3 is 4.74 Å². The summed E-state index contributed by atoms with van der Waals surface area (Å²) in [5.41, 5.74) is 0.756. The summed E-state index contributed by atoms with van der Waals surface area (Å²) in [5, 5.41) is 0.262. The second-order valence-corrected chi connectivity index (χ2v) is 6.38. The summed E-state index contributed by atoms with van der Waals surface area (Å²) in [4.78, 5) is 33.8. The fourth-order valence-electron chi connectivity index (χ4n) is 2.66. The van der Waals surface area contributed by atoms with Crippen LogP contribution in [0.1, 0.15) is 17.3 Å². The molecule has 0 aliphatic rings. The molecule has 6 nitrogen and oxygen atoms in total. The van der Waals surface area contributed by atoms with E-state index in [0.29, 0.717) is 10.5 Å². The molecule has 0 amide bonds. The number of fused-ring (bicyclic) bond motifs is 5. The minimum Gasteiger partial charge on any atom is -0.462 e. The maximum Gasteiger partial charge on any atom is 0.345 e. The van der Waals surface area contributed by atoms with Gasteiger partial charge in [-0.15, -0.1) is 11.3 Å². The van der Waals surface area contributed by atoms with Crippen molar-refractivity contribution in [3.05, 3.63) is 51.5 Å². The maximum atomic E-state index is 12.8. The lowest BCUT2D eigenvalue weighted by molar-refractivity contribution is 0.0527. The number of carbonyl (C=O) groups is 1. The van der Waals surface area contributed by atoms with Gasteiger partial charge in [-0.05, 0) is 30.7 Å². The predicted molar refractivity (Wildman–Crippen MR) is 93.1 cm³/mol. The molecule has 3 heterocycles. The summed E-state index contributed by atoms with van der Waals surface area (Å²) in [5.74, 6) is -0.650. The largest absolute Gasteiger partial charge is 0.462 e. The smallest absolute Gasteiger partial charge is 0.345 e. The minimum atomic E-state index is -0.650. The van der Waals surface area contributed by atoms with Crippen molar-refractivity contribution in [2.75, 3.05) is 6.61 Å². The molecule has 0 unspecified atom stereocenters. The highest BCUT2D eigenvalue weighted by Gasteiger charge is 2.23. The second-order valence-electron chi connectivity index (χ2n) is 5.01. The molecule has 4 rings (SSSR count). The van der Waals surface area contributed by atoms with Crippen LogP contribution in [-0.4, -0.2) is 26.9 Å². The molecule has 0 aliphatic heterocycles. The van der Waals surface area contributed by atoms with Gasteiger partial charge >= 0.3 is 5.97 Å². The number of carbonyl (C=O) groups excluding carboxylic acids is 1. The van der Waals surface area contributed by atoms with Crippen LogP contribution in [0, 0.1) is 0 Å². The number of benzene rings is 1. The summed E-state index contributed by atoms with van der Waals surface area (Å²) in [6.45, 7) is 1.88. The number of thiazole rings is 1. The van der Waals surface area contributed by atoms with Crippen molar-refractivity contribution in [2.45, 2.75) is 6.92 Å². The summed E-state index contributed by atoms with van der Waals surface area (Å²) < 4.78 is 7.75. The molecule has 0 spiro atoms. The Labute approximate surface area is 144 Å². The molecule has 0 saturated carbocycles. The first-order valence-electron chi connectivity index (χ1n) is 7.17. The first-order chi connectivity index (χ1) is 11.6. The molecular weight excluding hydrogens is 350 g/mol. The Bertz CT molecular complexity index is 1180. The lowest BCUT2D eigenvalue weighted by atomic mass is 10.2. The standard InChI is InChI=1S/C16H10ClN3O3S/c1-2-23-15(22)11-12(21)8-7-18-16(17)19-13(8)20-9-5-3-4-6-10(9)24-14(11)20/h3-7H,2H2,1H3. The van der Waals surface area contributed by atoms with Gasteiger partial charge in [-0.1, -0.05) is 12.1 Å².